The highest BCUT2D eigenvalue weighted by Crippen LogP contribution is 2.32. The van der Waals surface area contributed by atoms with Gasteiger partial charge in [-0.15, -0.1) is 11.6 Å². The molecule has 0 radical (unpaired) electrons. The predicted octanol–water partition coefficient (Wildman–Crippen LogP) is 6.09. The van der Waals surface area contributed by atoms with Gasteiger partial charge in [-0.25, -0.2) is 4.79 Å². The average molecular weight is 366 g/mol. The number of nitrogens with one attached hydrogen (secondary N) is 1. The number of H-pyrrole nitrogens is 1. The molecule has 5 heteroatoms. The normalized spacial score (nSPS) is 12.4. The Morgan fingerprint density at radius 1 is 1.04 bits per heavy atom. The first kappa shape index (κ1) is 16.5. The van der Waals surface area contributed by atoms with E-state index in [1.165, 1.54) is 0 Å². The number of fused-ring (bicyclic) bond motifs is 1. The van der Waals surface area contributed by atoms with Gasteiger partial charge in [0.25, 0.3) is 0 Å². The van der Waals surface area contributed by atoms with Crippen molar-refractivity contribution in [3.63, 3.8) is 0 Å². The summed E-state index contributed by atoms with van der Waals surface area (Å²) in [5.74, 6) is -0.190. The van der Waals surface area contributed by atoms with Gasteiger partial charge in [0.1, 0.15) is 5.58 Å². The lowest BCUT2D eigenvalue weighted by Crippen LogP contribution is -1.94. The minimum absolute atomic E-state index is 0.0522. The molecule has 1 atom stereocenters. The van der Waals surface area contributed by atoms with Crippen LogP contribution in [0.15, 0.2) is 65.1 Å². The standard InChI is InChI=1S/C21H16ClNO3/c1-12(22)15-6-9-19-16(10-15)11-20(26-19)18-8-7-17(23-18)13-2-4-14(5-3-13)21(24)25/h2-12,23H,1H3,(H,24,25). The van der Waals surface area contributed by atoms with Crippen LogP contribution in [-0.2, 0) is 0 Å². The number of carboxylic acid groups (broad SMARTS) is 1. The number of halogens is 1. The molecule has 4 aromatic rings. The van der Waals surface area contributed by atoms with E-state index in [9.17, 15) is 4.79 Å². The number of carbonyl (C=O) groups is 1. The number of hydrogen-bond acceptors (Lipinski definition) is 2. The quantitative estimate of drug-likeness (QED) is 0.430. The van der Waals surface area contributed by atoms with Crippen LogP contribution in [0.1, 0.15) is 28.2 Å². The fourth-order valence-electron chi connectivity index (χ4n) is 2.94. The topological polar surface area (TPSA) is 66.2 Å². The fourth-order valence-corrected chi connectivity index (χ4v) is 3.08. The molecule has 4 nitrogen and oxygen atoms in total. The summed E-state index contributed by atoms with van der Waals surface area (Å²) >= 11 is 6.16. The lowest BCUT2D eigenvalue weighted by Gasteiger charge is -2.01. The first-order valence-corrected chi connectivity index (χ1v) is 8.65. The highest BCUT2D eigenvalue weighted by atomic mass is 35.5. The summed E-state index contributed by atoms with van der Waals surface area (Å²) in [4.78, 5) is 14.3. The summed E-state index contributed by atoms with van der Waals surface area (Å²) in [6.45, 7) is 1.94. The largest absolute Gasteiger partial charge is 0.478 e. The molecule has 2 aromatic heterocycles. The number of alkyl halides is 1. The van der Waals surface area contributed by atoms with E-state index in [0.717, 1.165) is 39.2 Å². The van der Waals surface area contributed by atoms with Crippen LogP contribution >= 0.6 is 11.6 Å². The van der Waals surface area contributed by atoms with Crippen LogP contribution in [0.3, 0.4) is 0 Å². The summed E-state index contributed by atoms with van der Waals surface area (Å²) in [6, 6.07) is 18.6. The molecule has 0 saturated carbocycles. The highest BCUT2D eigenvalue weighted by Gasteiger charge is 2.11. The molecule has 0 aliphatic heterocycles. The van der Waals surface area contributed by atoms with Gasteiger partial charge in [0.05, 0.1) is 16.6 Å². The molecule has 0 aliphatic rings. The first-order chi connectivity index (χ1) is 12.5. The van der Waals surface area contributed by atoms with Gasteiger partial charge >= 0.3 is 5.97 Å². The molecule has 1 unspecified atom stereocenters. The van der Waals surface area contributed by atoms with Crippen LogP contribution in [0.25, 0.3) is 33.7 Å². The summed E-state index contributed by atoms with van der Waals surface area (Å²) in [5.41, 5.74) is 4.80. The van der Waals surface area contributed by atoms with E-state index in [-0.39, 0.29) is 10.9 Å². The molecule has 130 valence electrons. The Hall–Kier alpha value is -2.98. The number of aromatic nitrogens is 1. The molecule has 0 spiro atoms. The summed E-state index contributed by atoms with van der Waals surface area (Å²) in [5, 5.41) is 9.95. The van der Waals surface area contributed by atoms with Crippen molar-refractivity contribution < 1.29 is 14.3 Å². The number of carboxylic acids is 1. The Labute approximate surface area is 155 Å². The third kappa shape index (κ3) is 3.00. The monoisotopic (exact) mass is 365 g/mol. The van der Waals surface area contributed by atoms with Crippen molar-refractivity contribution in [3.05, 3.63) is 71.8 Å². The van der Waals surface area contributed by atoms with Crippen molar-refractivity contribution in [2.45, 2.75) is 12.3 Å². The summed E-state index contributed by atoms with van der Waals surface area (Å²) in [6.07, 6.45) is 0. The molecular formula is C21H16ClNO3. The third-order valence-corrected chi connectivity index (χ3v) is 4.65. The highest BCUT2D eigenvalue weighted by molar-refractivity contribution is 6.20. The molecule has 26 heavy (non-hydrogen) atoms. The van der Waals surface area contributed by atoms with E-state index < -0.39 is 5.97 Å². The van der Waals surface area contributed by atoms with Crippen molar-refractivity contribution in [1.82, 2.24) is 4.98 Å². The second-order valence-electron chi connectivity index (χ2n) is 6.19. The van der Waals surface area contributed by atoms with Crippen molar-refractivity contribution in [1.29, 1.82) is 0 Å². The van der Waals surface area contributed by atoms with Crippen molar-refractivity contribution in [2.24, 2.45) is 0 Å². The van der Waals surface area contributed by atoms with Crippen LogP contribution < -0.4 is 0 Å². The van der Waals surface area contributed by atoms with Gasteiger partial charge in [-0.1, -0.05) is 18.2 Å². The van der Waals surface area contributed by atoms with E-state index in [4.69, 9.17) is 21.1 Å². The molecule has 0 aliphatic carbocycles. The van der Waals surface area contributed by atoms with Crippen LogP contribution in [0, 0.1) is 0 Å². The van der Waals surface area contributed by atoms with E-state index in [1.54, 1.807) is 24.3 Å². The zero-order chi connectivity index (χ0) is 18.3. The number of hydrogen-bond donors (Lipinski definition) is 2. The molecule has 2 N–H and O–H groups in total. The first-order valence-electron chi connectivity index (χ1n) is 8.22. The maximum Gasteiger partial charge on any atom is 0.335 e. The average Bonchev–Trinajstić information content (AvgIpc) is 3.27. The van der Waals surface area contributed by atoms with Crippen molar-refractivity contribution in [2.75, 3.05) is 0 Å². The molecule has 2 heterocycles. The summed E-state index contributed by atoms with van der Waals surface area (Å²) < 4.78 is 5.94. The van der Waals surface area contributed by atoms with E-state index >= 15 is 0 Å². The minimum Gasteiger partial charge on any atom is -0.478 e. The maximum absolute atomic E-state index is 11.0. The lowest BCUT2D eigenvalue weighted by molar-refractivity contribution is 0.0697. The second kappa shape index (κ2) is 6.39. The Balaban J connectivity index is 1.67. The van der Waals surface area contributed by atoms with Gasteiger partial charge in [0, 0.05) is 11.1 Å². The predicted molar refractivity (Wildman–Crippen MR) is 103 cm³/mol. The Kier molecular flexibility index (Phi) is 4.05. The van der Waals surface area contributed by atoms with Gasteiger partial charge in [-0.05, 0) is 60.5 Å². The molecule has 4 rings (SSSR count). The molecule has 2 aromatic carbocycles. The van der Waals surface area contributed by atoms with E-state index in [0.29, 0.717) is 0 Å². The molecule has 0 amide bonds. The van der Waals surface area contributed by atoms with Gasteiger partial charge in [-0.2, -0.15) is 0 Å². The van der Waals surface area contributed by atoms with Crippen LogP contribution in [-0.4, -0.2) is 16.1 Å². The van der Waals surface area contributed by atoms with Gasteiger partial charge in [0.15, 0.2) is 5.76 Å². The number of benzene rings is 2. The molecule has 0 saturated heterocycles. The van der Waals surface area contributed by atoms with E-state index in [2.05, 4.69) is 4.98 Å². The second-order valence-corrected chi connectivity index (χ2v) is 6.85. The zero-order valence-corrected chi connectivity index (χ0v) is 14.7. The SMILES string of the molecule is CC(Cl)c1ccc2oc(-c3ccc(-c4ccc(C(=O)O)cc4)[nH]3)cc2c1. The Morgan fingerprint density at radius 3 is 2.46 bits per heavy atom. The third-order valence-electron chi connectivity index (χ3n) is 4.39. The summed E-state index contributed by atoms with van der Waals surface area (Å²) in [7, 11) is 0. The smallest absolute Gasteiger partial charge is 0.335 e. The Bertz CT molecular complexity index is 1090. The van der Waals surface area contributed by atoms with Gasteiger partial charge in [0.2, 0.25) is 0 Å². The Morgan fingerprint density at radius 2 is 1.77 bits per heavy atom. The van der Waals surface area contributed by atoms with Gasteiger partial charge in [-0.3, -0.25) is 0 Å². The fraction of sp³-hybridized carbons (Fsp3) is 0.0952. The maximum atomic E-state index is 11.0. The molecule has 0 bridgehead atoms. The van der Waals surface area contributed by atoms with Crippen LogP contribution in [0.2, 0.25) is 0 Å². The van der Waals surface area contributed by atoms with Crippen LogP contribution in [0.5, 0.6) is 0 Å². The van der Waals surface area contributed by atoms with Gasteiger partial charge < -0.3 is 14.5 Å². The van der Waals surface area contributed by atoms with Crippen molar-refractivity contribution >= 4 is 28.5 Å². The lowest BCUT2D eigenvalue weighted by atomic mass is 10.1. The molecular weight excluding hydrogens is 350 g/mol. The van der Waals surface area contributed by atoms with E-state index in [1.807, 2.05) is 43.3 Å². The minimum atomic E-state index is -0.934. The van der Waals surface area contributed by atoms with Crippen LogP contribution in [0.4, 0.5) is 0 Å². The zero-order valence-electron chi connectivity index (χ0n) is 14.0. The van der Waals surface area contributed by atoms with Crippen molar-refractivity contribution in [3.8, 4) is 22.7 Å². The number of furan rings is 1. The number of rotatable bonds is 4. The number of aromatic amines is 1. The number of aromatic carboxylic acids is 1. The molecule has 0 fully saturated rings.